The third-order valence-electron chi connectivity index (χ3n) is 5.06. The van der Waals surface area contributed by atoms with Crippen molar-refractivity contribution in [1.82, 2.24) is 14.8 Å². The molecule has 0 aliphatic rings. The van der Waals surface area contributed by atoms with Gasteiger partial charge < -0.3 is 5.32 Å². The summed E-state index contributed by atoms with van der Waals surface area (Å²) in [6.07, 6.45) is 9.88. The van der Waals surface area contributed by atoms with Crippen LogP contribution in [0.4, 0.5) is 5.82 Å². The van der Waals surface area contributed by atoms with E-state index < -0.39 is 0 Å². The van der Waals surface area contributed by atoms with Crippen molar-refractivity contribution in [3.05, 3.63) is 101 Å². The van der Waals surface area contributed by atoms with Crippen LogP contribution in [-0.4, -0.2) is 14.8 Å². The molecule has 0 aliphatic carbocycles. The lowest BCUT2D eigenvalue weighted by Gasteiger charge is -2.11. The zero-order valence-electron chi connectivity index (χ0n) is 17.3. The second kappa shape index (κ2) is 8.21. The highest BCUT2D eigenvalue weighted by atomic mass is 15.2. The number of fused-ring (bicyclic) bond motifs is 1. The van der Waals surface area contributed by atoms with Crippen molar-refractivity contribution in [3.8, 4) is 11.1 Å². The smallest absolute Gasteiger partial charge is 0.130 e. The average Bonchev–Trinajstić information content (AvgIpc) is 3.19. The van der Waals surface area contributed by atoms with Gasteiger partial charge in [0.2, 0.25) is 0 Å². The molecular weight excluding hydrogens is 368 g/mol. The largest absolute Gasteiger partial charge is 0.340 e. The highest BCUT2D eigenvalue weighted by Crippen LogP contribution is 2.25. The zero-order valence-corrected chi connectivity index (χ0v) is 17.3. The van der Waals surface area contributed by atoms with Gasteiger partial charge >= 0.3 is 0 Å². The molecular formula is C26H24N4. The maximum atomic E-state index is 4.55. The molecule has 30 heavy (non-hydrogen) atoms. The fraction of sp³-hybridized carbons (Fsp3) is 0.0769. The molecule has 0 saturated carbocycles. The van der Waals surface area contributed by atoms with Gasteiger partial charge in [-0.05, 0) is 52.1 Å². The van der Waals surface area contributed by atoms with Crippen molar-refractivity contribution in [2.75, 3.05) is 5.32 Å². The summed E-state index contributed by atoms with van der Waals surface area (Å²) in [5.74, 6) is 0.756. The van der Waals surface area contributed by atoms with Gasteiger partial charge in [0, 0.05) is 36.1 Å². The predicted octanol–water partition coefficient (Wildman–Crippen LogP) is 4.40. The van der Waals surface area contributed by atoms with E-state index in [1.165, 1.54) is 0 Å². The number of allylic oxidation sites excluding steroid dienone is 2. The fourth-order valence-corrected chi connectivity index (χ4v) is 3.37. The minimum atomic E-state index is 0.756. The molecule has 4 aromatic rings. The Hall–Kier alpha value is -3.92. The molecule has 2 aromatic carbocycles. The molecule has 0 spiro atoms. The van der Waals surface area contributed by atoms with Crippen LogP contribution >= 0.6 is 0 Å². The molecule has 2 aromatic heterocycles. The normalized spacial score (nSPS) is 12.3. The van der Waals surface area contributed by atoms with Crippen LogP contribution in [0.5, 0.6) is 0 Å². The second-order valence-electron chi connectivity index (χ2n) is 7.22. The van der Waals surface area contributed by atoms with E-state index in [1.54, 1.807) is 0 Å². The number of anilines is 1. The Labute approximate surface area is 176 Å². The summed E-state index contributed by atoms with van der Waals surface area (Å²) in [7, 11) is 1.92. The Bertz CT molecular complexity index is 1380. The highest BCUT2D eigenvalue weighted by molar-refractivity contribution is 5.88. The third kappa shape index (κ3) is 4.08. The average molecular weight is 393 g/mol. The molecule has 1 N–H and O–H groups in total. The van der Waals surface area contributed by atoms with Crippen LogP contribution in [0.15, 0.2) is 91.0 Å². The van der Waals surface area contributed by atoms with Crippen molar-refractivity contribution in [2.24, 2.45) is 7.05 Å². The summed E-state index contributed by atoms with van der Waals surface area (Å²) >= 11 is 0. The van der Waals surface area contributed by atoms with Crippen LogP contribution in [0.1, 0.15) is 6.92 Å². The number of hydrogen-bond acceptors (Lipinski definition) is 3. The van der Waals surface area contributed by atoms with Gasteiger partial charge in [0.15, 0.2) is 0 Å². The Morgan fingerprint density at radius 1 is 1.03 bits per heavy atom. The van der Waals surface area contributed by atoms with Gasteiger partial charge in [-0.15, -0.1) is 0 Å². The lowest BCUT2D eigenvalue weighted by Crippen LogP contribution is -2.22. The highest BCUT2D eigenvalue weighted by Gasteiger charge is 2.05. The number of pyridine rings is 1. The van der Waals surface area contributed by atoms with Crippen molar-refractivity contribution < 1.29 is 0 Å². The van der Waals surface area contributed by atoms with Gasteiger partial charge in [0.25, 0.3) is 0 Å². The molecule has 0 radical (unpaired) electrons. The monoisotopic (exact) mass is 392 g/mol. The second-order valence-corrected chi connectivity index (χ2v) is 7.22. The van der Waals surface area contributed by atoms with Gasteiger partial charge in [0.05, 0.1) is 6.20 Å². The topological polar surface area (TPSA) is 42.7 Å². The maximum Gasteiger partial charge on any atom is 0.130 e. The molecule has 0 fully saturated rings. The van der Waals surface area contributed by atoms with Crippen LogP contribution in [0, 0.1) is 0 Å². The Morgan fingerprint density at radius 3 is 2.60 bits per heavy atom. The van der Waals surface area contributed by atoms with Gasteiger partial charge in [-0.25, -0.2) is 4.98 Å². The predicted molar refractivity (Wildman–Crippen MR) is 126 cm³/mol. The molecule has 0 saturated heterocycles. The molecule has 148 valence electrons. The van der Waals surface area contributed by atoms with Crippen molar-refractivity contribution in [3.63, 3.8) is 0 Å². The van der Waals surface area contributed by atoms with Crippen molar-refractivity contribution >= 4 is 29.2 Å². The van der Waals surface area contributed by atoms with Crippen LogP contribution in [0.2, 0.25) is 0 Å². The quantitative estimate of drug-likeness (QED) is 0.512. The number of nitrogens with zero attached hydrogens (tertiary/aromatic N) is 3. The van der Waals surface area contributed by atoms with Crippen LogP contribution in [0.3, 0.4) is 0 Å². The zero-order chi connectivity index (χ0) is 21.1. The Kier molecular flexibility index (Phi) is 5.31. The molecule has 4 heteroatoms. The van der Waals surface area contributed by atoms with E-state index in [1.807, 2.05) is 73.7 Å². The van der Waals surface area contributed by atoms with Crippen LogP contribution in [-0.2, 0) is 7.05 Å². The van der Waals surface area contributed by atoms with Crippen LogP contribution < -0.4 is 15.8 Å². The minimum Gasteiger partial charge on any atom is -0.340 e. The molecule has 2 heterocycles. The SMILES string of the molecule is C=C(Nc1cc2cc(-c3cnn(C)c3)ccc2cn1)C(/C=c1/ccccc1=C)=C/C. The van der Waals surface area contributed by atoms with E-state index >= 15 is 0 Å². The molecule has 4 rings (SSSR count). The number of nitrogens with one attached hydrogen (secondary N) is 1. The molecule has 0 aliphatic heterocycles. The summed E-state index contributed by atoms with van der Waals surface area (Å²) in [4.78, 5) is 4.55. The van der Waals surface area contributed by atoms with Gasteiger partial charge in [-0.3, -0.25) is 4.68 Å². The minimum absolute atomic E-state index is 0.756. The standard InChI is InChI=1S/C26H24N4/c1-5-20(12-21-9-7-6-8-18(21)2)19(3)29-26-14-24-13-22(10-11-23(24)15-27-26)25-16-28-30(4)17-25/h5-17H,2-3H2,1,4H3,(H,27,29)/b20-5+,21-12-. The third-order valence-corrected chi connectivity index (χ3v) is 5.06. The van der Waals surface area contributed by atoms with E-state index in [2.05, 4.69) is 52.8 Å². The summed E-state index contributed by atoms with van der Waals surface area (Å²) in [5, 5.41) is 11.9. The van der Waals surface area contributed by atoms with Gasteiger partial charge in [-0.1, -0.05) is 55.6 Å². The summed E-state index contributed by atoms with van der Waals surface area (Å²) < 4.78 is 1.81. The van der Waals surface area contributed by atoms with Gasteiger partial charge in [0.1, 0.15) is 5.82 Å². The fourth-order valence-electron chi connectivity index (χ4n) is 3.37. The first-order valence-electron chi connectivity index (χ1n) is 9.80. The first-order valence-corrected chi connectivity index (χ1v) is 9.80. The van der Waals surface area contributed by atoms with Gasteiger partial charge in [-0.2, -0.15) is 5.10 Å². The number of aromatic nitrogens is 3. The Balaban J connectivity index is 1.63. The van der Waals surface area contributed by atoms with E-state index in [-0.39, 0.29) is 0 Å². The summed E-state index contributed by atoms with van der Waals surface area (Å²) in [6.45, 7) is 10.3. The van der Waals surface area contributed by atoms with Crippen molar-refractivity contribution in [1.29, 1.82) is 0 Å². The molecule has 4 nitrogen and oxygen atoms in total. The molecule has 0 unspecified atom stereocenters. The number of hydrogen-bond donors (Lipinski definition) is 1. The lowest BCUT2D eigenvalue weighted by atomic mass is 10.0. The number of aryl methyl sites for hydroxylation is 1. The summed E-state index contributed by atoms with van der Waals surface area (Å²) in [5.41, 5.74) is 4.00. The van der Waals surface area contributed by atoms with E-state index in [9.17, 15) is 0 Å². The number of benzene rings is 2. The maximum absolute atomic E-state index is 4.55. The van der Waals surface area contributed by atoms with Crippen molar-refractivity contribution in [2.45, 2.75) is 6.92 Å². The van der Waals surface area contributed by atoms with E-state index in [0.717, 1.165) is 49.4 Å². The Morgan fingerprint density at radius 2 is 1.87 bits per heavy atom. The number of rotatable bonds is 5. The summed E-state index contributed by atoms with van der Waals surface area (Å²) in [6, 6.07) is 16.4. The first kappa shape index (κ1) is 19.4. The van der Waals surface area contributed by atoms with E-state index in [0.29, 0.717) is 0 Å². The first-order chi connectivity index (χ1) is 14.5. The molecule has 0 atom stereocenters. The molecule has 0 bridgehead atoms. The molecule has 0 amide bonds. The van der Waals surface area contributed by atoms with Crippen LogP contribution in [0.25, 0.3) is 34.6 Å². The van der Waals surface area contributed by atoms with E-state index in [4.69, 9.17) is 0 Å². The lowest BCUT2D eigenvalue weighted by molar-refractivity contribution is 0.768.